The molecule has 596 valence electrons. The van der Waals surface area contributed by atoms with E-state index in [2.05, 4.69) is 26.0 Å². The fourth-order valence-electron chi connectivity index (χ4n) is 14.4. The van der Waals surface area contributed by atoms with Crippen molar-refractivity contribution in [1.82, 2.24) is 0 Å². The number of quaternary nitrogens is 1. The summed E-state index contributed by atoms with van der Waals surface area (Å²) in [6, 6.07) is 0. The summed E-state index contributed by atoms with van der Waals surface area (Å²) in [6.07, 6.45) is 106. The molecule has 0 aromatic heterocycles. The number of hydrogen-bond donors (Lipinski definition) is 1. The first-order valence-electron chi connectivity index (χ1n) is 45.4. The maximum absolute atomic E-state index is 12.9. The molecule has 10 heteroatoms. The van der Waals surface area contributed by atoms with Crippen LogP contribution in [0.15, 0.2) is 12.2 Å². The molecule has 9 nitrogen and oxygen atoms in total. The Morgan fingerprint density at radius 2 is 0.510 bits per heavy atom. The number of carbonyl (C=O) groups is 2. The lowest BCUT2D eigenvalue weighted by Crippen LogP contribution is -2.37. The van der Waals surface area contributed by atoms with Gasteiger partial charge in [-0.3, -0.25) is 18.6 Å². The van der Waals surface area contributed by atoms with E-state index in [0.717, 1.165) is 38.5 Å². The number of hydrogen-bond acceptors (Lipinski definition) is 7. The van der Waals surface area contributed by atoms with E-state index in [1.54, 1.807) is 0 Å². The van der Waals surface area contributed by atoms with Gasteiger partial charge in [0.15, 0.2) is 6.10 Å². The molecular formula is C90H179NO8P+. The van der Waals surface area contributed by atoms with E-state index in [4.69, 9.17) is 18.5 Å². The zero-order valence-electron chi connectivity index (χ0n) is 68.5. The minimum absolute atomic E-state index is 0.0371. The van der Waals surface area contributed by atoms with Crippen LogP contribution >= 0.6 is 7.82 Å². The third-order valence-electron chi connectivity index (χ3n) is 21.3. The summed E-state index contributed by atoms with van der Waals surface area (Å²) in [5.41, 5.74) is 0. The van der Waals surface area contributed by atoms with Gasteiger partial charge in [-0.2, -0.15) is 0 Å². The van der Waals surface area contributed by atoms with E-state index in [9.17, 15) is 19.0 Å². The number of rotatable bonds is 87. The minimum Gasteiger partial charge on any atom is -0.462 e. The molecule has 0 rings (SSSR count). The van der Waals surface area contributed by atoms with Crippen molar-refractivity contribution >= 4 is 19.8 Å². The van der Waals surface area contributed by atoms with Gasteiger partial charge in [-0.1, -0.05) is 463 Å². The lowest BCUT2D eigenvalue weighted by molar-refractivity contribution is -0.870. The molecule has 2 unspecified atom stereocenters. The highest BCUT2D eigenvalue weighted by Crippen LogP contribution is 2.43. The summed E-state index contributed by atoms with van der Waals surface area (Å²) in [6.45, 7) is 4.54. The summed E-state index contributed by atoms with van der Waals surface area (Å²) in [5.74, 6) is -0.764. The van der Waals surface area contributed by atoms with Gasteiger partial charge in [-0.25, -0.2) is 4.57 Å². The van der Waals surface area contributed by atoms with Crippen LogP contribution in [0.25, 0.3) is 0 Å². The first kappa shape index (κ1) is 98.8. The number of phosphoric ester groups is 1. The highest BCUT2D eigenvalue weighted by Gasteiger charge is 2.27. The van der Waals surface area contributed by atoms with Crippen LogP contribution in [0.1, 0.15) is 502 Å². The average Bonchev–Trinajstić information content (AvgIpc) is 1.65. The van der Waals surface area contributed by atoms with Crippen molar-refractivity contribution in [3.63, 3.8) is 0 Å². The molecule has 0 spiro atoms. The second-order valence-corrected chi connectivity index (χ2v) is 34.2. The standard InChI is InChI=1S/C90H178NO8P/c1-6-8-10-12-14-16-18-20-22-24-26-28-30-32-34-36-38-40-42-43-44-45-46-47-49-50-52-54-56-58-60-62-64-66-68-70-72-74-76-78-80-82-89(92)96-86-88(87-98-100(94,95)97-85-84-91(3,4)5)99-90(93)83-81-79-77-75-73-71-69-67-65-63-61-59-57-55-53-51-48-41-39-37-35-33-31-29-27-25-23-21-19-17-15-13-11-9-7-2/h25,27,88H,6-24,26,28-87H2,1-5H3/p+1/b27-25-. The van der Waals surface area contributed by atoms with E-state index in [1.807, 2.05) is 21.1 Å². The summed E-state index contributed by atoms with van der Waals surface area (Å²) in [7, 11) is 1.51. The van der Waals surface area contributed by atoms with Gasteiger partial charge in [-0.15, -0.1) is 0 Å². The van der Waals surface area contributed by atoms with Crippen LogP contribution in [-0.4, -0.2) is 74.9 Å². The van der Waals surface area contributed by atoms with Gasteiger partial charge in [0.25, 0.3) is 0 Å². The maximum Gasteiger partial charge on any atom is 0.472 e. The Balaban J connectivity index is 3.81. The Morgan fingerprint density at radius 1 is 0.300 bits per heavy atom. The largest absolute Gasteiger partial charge is 0.472 e. The molecule has 0 aliphatic rings. The van der Waals surface area contributed by atoms with Gasteiger partial charge >= 0.3 is 19.8 Å². The Hall–Kier alpha value is -1.25. The smallest absolute Gasteiger partial charge is 0.462 e. The van der Waals surface area contributed by atoms with E-state index >= 15 is 0 Å². The Bertz CT molecular complexity index is 1690. The number of carbonyl (C=O) groups excluding carboxylic acids is 2. The van der Waals surface area contributed by atoms with Crippen molar-refractivity contribution in [2.45, 2.75) is 508 Å². The zero-order valence-corrected chi connectivity index (χ0v) is 69.4. The molecule has 0 amide bonds. The van der Waals surface area contributed by atoms with Gasteiger partial charge in [-0.05, 0) is 38.5 Å². The minimum atomic E-state index is -4.39. The fraction of sp³-hybridized carbons (Fsp3) is 0.956. The quantitative estimate of drug-likeness (QED) is 0.0211. The highest BCUT2D eigenvalue weighted by atomic mass is 31.2. The van der Waals surface area contributed by atoms with Crippen molar-refractivity contribution < 1.29 is 42.1 Å². The summed E-state index contributed by atoms with van der Waals surface area (Å²) in [5, 5.41) is 0. The van der Waals surface area contributed by atoms with Crippen molar-refractivity contribution in [2.24, 2.45) is 0 Å². The fourth-order valence-corrected chi connectivity index (χ4v) is 15.1. The Kier molecular flexibility index (Phi) is 80.8. The number of allylic oxidation sites excluding steroid dienone is 2. The summed E-state index contributed by atoms with van der Waals surface area (Å²) in [4.78, 5) is 36.1. The third kappa shape index (κ3) is 85.7. The molecule has 0 fully saturated rings. The van der Waals surface area contributed by atoms with Crippen LogP contribution in [0.3, 0.4) is 0 Å². The maximum atomic E-state index is 12.9. The van der Waals surface area contributed by atoms with Crippen LogP contribution in [0.2, 0.25) is 0 Å². The van der Waals surface area contributed by atoms with E-state index in [1.165, 1.54) is 437 Å². The van der Waals surface area contributed by atoms with Crippen molar-refractivity contribution in [1.29, 1.82) is 0 Å². The van der Waals surface area contributed by atoms with Crippen LogP contribution in [0.4, 0.5) is 0 Å². The first-order chi connectivity index (χ1) is 49.0. The first-order valence-corrected chi connectivity index (χ1v) is 46.9. The molecule has 0 aromatic carbocycles. The van der Waals surface area contributed by atoms with Crippen LogP contribution < -0.4 is 0 Å². The second-order valence-electron chi connectivity index (χ2n) is 32.7. The molecule has 100 heavy (non-hydrogen) atoms. The molecule has 0 saturated heterocycles. The number of unbranched alkanes of at least 4 members (excludes halogenated alkanes) is 71. The third-order valence-corrected chi connectivity index (χ3v) is 22.3. The molecular weight excluding hydrogens is 1250 g/mol. The molecule has 2 atom stereocenters. The van der Waals surface area contributed by atoms with Crippen LogP contribution in [0.5, 0.6) is 0 Å². The van der Waals surface area contributed by atoms with Gasteiger partial charge in [0.2, 0.25) is 0 Å². The summed E-state index contributed by atoms with van der Waals surface area (Å²) >= 11 is 0. The van der Waals surface area contributed by atoms with Gasteiger partial charge in [0.1, 0.15) is 19.8 Å². The number of likely N-dealkylation sites (N-methyl/N-ethyl adjacent to an activating group) is 1. The van der Waals surface area contributed by atoms with Crippen molar-refractivity contribution in [3.8, 4) is 0 Å². The van der Waals surface area contributed by atoms with Gasteiger partial charge in [0.05, 0.1) is 27.7 Å². The van der Waals surface area contributed by atoms with Crippen LogP contribution in [0, 0.1) is 0 Å². The van der Waals surface area contributed by atoms with Crippen LogP contribution in [-0.2, 0) is 32.7 Å². The van der Waals surface area contributed by atoms with Crippen molar-refractivity contribution in [3.05, 3.63) is 12.2 Å². The molecule has 0 saturated carbocycles. The predicted molar refractivity (Wildman–Crippen MR) is 437 cm³/mol. The average molecular weight is 1430 g/mol. The molecule has 1 N–H and O–H groups in total. The topological polar surface area (TPSA) is 108 Å². The Morgan fingerprint density at radius 3 is 0.740 bits per heavy atom. The molecule has 0 bridgehead atoms. The monoisotopic (exact) mass is 1430 g/mol. The predicted octanol–water partition coefficient (Wildman–Crippen LogP) is 30.5. The van der Waals surface area contributed by atoms with E-state index in [-0.39, 0.29) is 25.6 Å². The normalized spacial score (nSPS) is 12.9. The molecule has 0 radical (unpaired) electrons. The molecule has 0 heterocycles. The number of ether oxygens (including phenoxy) is 2. The molecule has 0 aliphatic carbocycles. The molecule has 0 aliphatic heterocycles. The second kappa shape index (κ2) is 81.8. The summed E-state index contributed by atoms with van der Waals surface area (Å²) < 4.78 is 34.9. The van der Waals surface area contributed by atoms with Gasteiger partial charge < -0.3 is 18.9 Å². The number of phosphoric acid groups is 1. The lowest BCUT2D eigenvalue weighted by Gasteiger charge is -2.24. The zero-order chi connectivity index (χ0) is 72.5. The van der Waals surface area contributed by atoms with E-state index < -0.39 is 26.5 Å². The number of nitrogens with zero attached hydrogens (tertiary/aromatic N) is 1. The Labute approximate surface area is 626 Å². The van der Waals surface area contributed by atoms with Gasteiger partial charge in [0, 0.05) is 12.8 Å². The van der Waals surface area contributed by atoms with E-state index in [0.29, 0.717) is 17.4 Å². The lowest BCUT2D eigenvalue weighted by atomic mass is 10.0. The number of esters is 2. The molecule has 0 aromatic rings. The highest BCUT2D eigenvalue weighted by molar-refractivity contribution is 7.47. The van der Waals surface area contributed by atoms with Crippen molar-refractivity contribution in [2.75, 3.05) is 47.5 Å². The SMILES string of the molecule is CCCCCCCCCC/C=C\CCCCCCCCCCCCCCCCCCCCCCCCCC(=O)OC(COC(=O)CCCCCCCCCCCCCCCCCCCCCCCCCCCCCCCCCCCCCCCCCCC)COP(=O)(O)OCC[N+](C)(C)C.